The first-order valence-electron chi connectivity index (χ1n) is 8.84. The van der Waals surface area contributed by atoms with Gasteiger partial charge in [-0.25, -0.2) is 4.39 Å². The van der Waals surface area contributed by atoms with Gasteiger partial charge in [0.05, 0.1) is 39.0 Å². The van der Waals surface area contributed by atoms with Gasteiger partial charge in [-0.15, -0.1) is 0 Å². The zero-order chi connectivity index (χ0) is 18.5. The Morgan fingerprint density at radius 1 is 1.23 bits per heavy atom. The third kappa shape index (κ3) is 4.51. The molecule has 0 bridgehead atoms. The van der Waals surface area contributed by atoms with E-state index in [-0.39, 0.29) is 5.82 Å². The van der Waals surface area contributed by atoms with E-state index in [9.17, 15) is 4.39 Å². The normalized spacial score (nSPS) is 15.0. The zero-order valence-electron chi connectivity index (χ0n) is 15.2. The molecule has 0 atom stereocenters. The highest BCUT2D eigenvalue weighted by Crippen LogP contribution is 2.18. The van der Waals surface area contributed by atoms with Crippen LogP contribution in [-0.2, 0) is 6.54 Å². The summed E-state index contributed by atoms with van der Waals surface area (Å²) in [5.41, 5.74) is 2.91. The predicted molar refractivity (Wildman–Crippen MR) is 106 cm³/mol. The minimum Gasteiger partial charge on any atom is -0.496 e. The number of benzene rings is 2. The van der Waals surface area contributed by atoms with Gasteiger partial charge in [-0.1, -0.05) is 23.8 Å². The second-order valence-corrected chi connectivity index (χ2v) is 7.03. The minimum absolute atomic E-state index is 0.286. The number of hydrogen-bond donors (Lipinski definition) is 2. The highest BCUT2D eigenvalue weighted by atomic mass is 32.1. The zero-order valence-corrected chi connectivity index (χ0v) is 16.0. The topological polar surface area (TPSA) is 28.9 Å². The lowest BCUT2D eigenvalue weighted by molar-refractivity contribution is -0.917. The Balaban J connectivity index is 1.55. The first-order valence-corrected chi connectivity index (χ1v) is 9.25. The average Bonchev–Trinajstić information content (AvgIpc) is 2.64. The van der Waals surface area contributed by atoms with Crippen molar-refractivity contribution in [3.05, 3.63) is 59.4 Å². The lowest BCUT2D eigenvalue weighted by atomic mass is 10.1. The first-order chi connectivity index (χ1) is 12.6. The fraction of sp³-hybridized carbons (Fsp3) is 0.350. The van der Waals surface area contributed by atoms with Crippen LogP contribution in [0.4, 0.5) is 10.1 Å². The largest absolute Gasteiger partial charge is 0.496 e. The number of piperazine rings is 1. The molecule has 1 fully saturated rings. The number of hydrogen-bond acceptors (Lipinski definition) is 2. The molecule has 138 valence electrons. The summed E-state index contributed by atoms with van der Waals surface area (Å²) in [7, 11) is 1.72. The number of aryl methyl sites for hydroxylation is 1. The van der Waals surface area contributed by atoms with Crippen molar-refractivity contribution in [2.75, 3.05) is 38.6 Å². The molecule has 0 amide bonds. The molecule has 0 spiro atoms. The molecule has 0 saturated carbocycles. The summed E-state index contributed by atoms with van der Waals surface area (Å²) < 4.78 is 19.3. The van der Waals surface area contributed by atoms with Crippen molar-refractivity contribution >= 4 is 23.0 Å². The van der Waals surface area contributed by atoms with Crippen molar-refractivity contribution in [3.63, 3.8) is 0 Å². The highest BCUT2D eigenvalue weighted by molar-refractivity contribution is 7.80. The number of thiocarbonyl (C=S) groups is 1. The molecule has 6 heteroatoms. The molecule has 0 unspecified atom stereocenters. The van der Waals surface area contributed by atoms with E-state index in [0.29, 0.717) is 10.8 Å². The van der Waals surface area contributed by atoms with Gasteiger partial charge >= 0.3 is 0 Å². The van der Waals surface area contributed by atoms with Crippen LogP contribution in [0.25, 0.3) is 0 Å². The van der Waals surface area contributed by atoms with Crippen LogP contribution in [0.2, 0.25) is 0 Å². The van der Waals surface area contributed by atoms with Gasteiger partial charge in [0, 0.05) is 5.56 Å². The van der Waals surface area contributed by atoms with Gasteiger partial charge in [-0.2, -0.15) is 0 Å². The first kappa shape index (κ1) is 18.6. The lowest BCUT2D eigenvalue weighted by Gasteiger charge is -2.34. The Kier molecular flexibility index (Phi) is 6.06. The Hall–Kier alpha value is -2.18. The lowest BCUT2D eigenvalue weighted by Crippen LogP contribution is -3.13. The molecular weight excluding hydrogens is 349 g/mol. The van der Waals surface area contributed by atoms with Gasteiger partial charge in [-0.05, 0) is 43.4 Å². The smallest absolute Gasteiger partial charge is 0.173 e. The van der Waals surface area contributed by atoms with Crippen molar-refractivity contribution in [2.45, 2.75) is 13.5 Å². The minimum atomic E-state index is -0.286. The molecule has 1 saturated heterocycles. The number of halogens is 1. The summed E-state index contributed by atoms with van der Waals surface area (Å²) >= 11 is 5.46. The number of rotatable bonds is 4. The number of para-hydroxylation sites is 1. The van der Waals surface area contributed by atoms with Crippen molar-refractivity contribution in [1.82, 2.24) is 4.90 Å². The average molecular weight is 375 g/mol. The van der Waals surface area contributed by atoms with E-state index >= 15 is 0 Å². The molecule has 1 aliphatic rings. The summed E-state index contributed by atoms with van der Waals surface area (Å²) in [5, 5.41) is 3.61. The molecule has 3 rings (SSSR count). The number of quaternary nitrogens is 1. The van der Waals surface area contributed by atoms with Gasteiger partial charge in [0.15, 0.2) is 5.11 Å². The van der Waals surface area contributed by atoms with E-state index in [1.165, 1.54) is 22.1 Å². The van der Waals surface area contributed by atoms with Crippen LogP contribution < -0.4 is 15.0 Å². The molecule has 1 heterocycles. The monoisotopic (exact) mass is 374 g/mol. The Labute approximate surface area is 159 Å². The second-order valence-electron chi connectivity index (χ2n) is 6.64. The Morgan fingerprint density at radius 2 is 1.96 bits per heavy atom. The second kappa shape index (κ2) is 8.47. The van der Waals surface area contributed by atoms with Crippen LogP contribution in [0.1, 0.15) is 11.1 Å². The molecule has 2 N–H and O–H groups in total. The van der Waals surface area contributed by atoms with E-state index in [4.69, 9.17) is 17.0 Å². The molecule has 2 aromatic rings. The van der Waals surface area contributed by atoms with Gasteiger partial charge in [0.1, 0.15) is 18.1 Å². The molecule has 2 aromatic carbocycles. The molecule has 26 heavy (non-hydrogen) atoms. The number of methoxy groups -OCH3 is 1. The van der Waals surface area contributed by atoms with Gasteiger partial charge in [0.25, 0.3) is 0 Å². The Morgan fingerprint density at radius 3 is 2.65 bits per heavy atom. The van der Waals surface area contributed by atoms with Gasteiger partial charge in [0.2, 0.25) is 0 Å². The van der Waals surface area contributed by atoms with Crippen molar-refractivity contribution in [1.29, 1.82) is 0 Å². The summed E-state index contributed by atoms with van der Waals surface area (Å²) in [4.78, 5) is 3.61. The molecule has 0 aliphatic carbocycles. The maximum atomic E-state index is 13.8. The molecular formula is C20H25FN3OS+. The van der Waals surface area contributed by atoms with Crippen LogP contribution in [0.15, 0.2) is 42.5 Å². The summed E-state index contributed by atoms with van der Waals surface area (Å²) in [6.45, 7) is 6.70. The summed E-state index contributed by atoms with van der Waals surface area (Å²) in [6, 6.07) is 12.9. The van der Waals surface area contributed by atoms with Crippen molar-refractivity contribution in [3.8, 4) is 5.75 Å². The van der Waals surface area contributed by atoms with Crippen molar-refractivity contribution in [2.24, 2.45) is 0 Å². The van der Waals surface area contributed by atoms with E-state index in [1.807, 2.05) is 6.07 Å². The van der Waals surface area contributed by atoms with E-state index in [2.05, 4.69) is 29.3 Å². The van der Waals surface area contributed by atoms with Crippen LogP contribution in [0.5, 0.6) is 5.75 Å². The van der Waals surface area contributed by atoms with Crippen LogP contribution in [0, 0.1) is 12.7 Å². The number of anilines is 1. The van der Waals surface area contributed by atoms with Crippen LogP contribution in [-0.4, -0.2) is 43.3 Å². The predicted octanol–water partition coefficient (Wildman–Crippen LogP) is 2.24. The van der Waals surface area contributed by atoms with Gasteiger partial charge < -0.3 is 19.9 Å². The SMILES string of the molecule is COc1ccc(C)cc1C[NH+]1CCN(C(=S)Nc2ccccc2F)CC1. The standard InChI is InChI=1S/C20H24FN3OS/c1-15-7-8-19(25-2)16(13-15)14-23-9-11-24(12-10-23)20(26)22-18-6-4-3-5-17(18)21/h3-8,13H,9-12,14H2,1-2H3,(H,22,26)/p+1. The maximum Gasteiger partial charge on any atom is 0.173 e. The van der Waals surface area contributed by atoms with Gasteiger partial charge in [-0.3, -0.25) is 0 Å². The molecule has 0 radical (unpaired) electrons. The highest BCUT2D eigenvalue weighted by Gasteiger charge is 2.23. The van der Waals surface area contributed by atoms with Crippen LogP contribution >= 0.6 is 12.2 Å². The third-order valence-corrected chi connectivity index (χ3v) is 5.11. The maximum absolute atomic E-state index is 13.8. The molecule has 4 nitrogen and oxygen atoms in total. The van der Waals surface area contributed by atoms with Crippen LogP contribution in [0.3, 0.4) is 0 Å². The number of nitrogens with zero attached hydrogens (tertiary/aromatic N) is 1. The third-order valence-electron chi connectivity index (χ3n) is 4.75. The summed E-state index contributed by atoms with van der Waals surface area (Å²) in [5.74, 6) is 0.660. The number of ether oxygens (including phenoxy) is 1. The summed E-state index contributed by atoms with van der Waals surface area (Å²) in [6.07, 6.45) is 0. The Bertz CT molecular complexity index is 775. The molecule has 0 aromatic heterocycles. The fourth-order valence-electron chi connectivity index (χ4n) is 3.27. The van der Waals surface area contributed by atoms with E-state index < -0.39 is 0 Å². The van der Waals surface area contributed by atoms with E-state index in [1.54, 1.807) is 25.3 Å². The molecule has 1 aliphatic heterocycles. The fourth-order valence-corrected chi connectivity index (χ4v) is 3.57. The number of nitrogens with one attached hydrogen (secondary N) is 2. The van der Waals surface area contributed by atoms with Crippen molar-refractivity contribution < 1.29 is 14.0 Å². The van der Waals surface area contributed by atoms with E-state index in [0.717, 1.165) is 38.5 Å². The quantitative estimate of drug-likeness (QED) is 0.804.